The van der Waals surface area contributed by atoms with Crippen LogP contribution in [0.15, 0.2) is 205 Å². The molecule has 54 heavy (non-hydrogen) atoms. The predicted octanol–water partition coefficient (Wildman–Crippen LogP) is 15.0. The molecule has 0 atom stereocenters. The van der Waals surface area contributed by atoms with E-state index in [1.54, 1.807) is 0 Å². The highest BCUT2D eigenvalue weighted by atomic mass is 16.3. The van der Waals surface area contributed by atoms with Crippen molar-refractivity contribution in [3.8, 4) is 22.3 Å². The van der Waals surface area contributed by atoms with Gasteiger partial charge in [-0.1, -0.05) is 152 Å². The van der Waals surface area contributed by atoms with Gasteiger partial charge in [-0.05, 0) is 96.9 Å². The Labute approximate surface area is 312 Å². The zero-order valence-electron chi connectivity index (χ0n) is 29.4. The van der Waals surface area contributed by atoms with E-state index in [0.29, 0.717) is 0 Å². The Morgan fingerprint density at radius 1 is 0.296 bits per heavy atom. The van der Waals surface area contributed by atoms with Crippen LogP contribution in [-0.4, -0.2) is 0 Å². The molecule has 0 unspecified atom stereocenters. The van der Waals surface area contributed by atoms with Gasteiger partial charge < -0.3 is 9.32 Å². The van der Waals surface area contributed by atoms with Gasteiger partial charge in [0.05, 0.1) is 11.4 Å². The average molecular weight is 688 g/mol. The molecular weight excluding hydrogens is 655 g/mol. The lowest BCUT2D eigenvalue weighted by molar-refractivity contribution is 0.669. The van der Waals surface area contributed by atoms with Crippen molar-refractivity contribution in [2.45, 2.75) is 0 Å². The van der Waals surface area contributed by atoms with E-state index < -0.39 is 0 Å². The Kier molecular flexibility index (Phi) is 6.90. The van der Waals surface area contributed by atoms with Crippen LogP contribution in [0.3, 0.4) is 0 Å². The molecule has 0 radical (unpaired) electrons. The first kappa shape index (κ1) is 30.5. The number of fused-ring (bicyclic) bond motifs is 8. The minimum atomic E-state index is 0.863. The zero-order valence-corrected chi connectivity index (χ0v) is 29.4. The zero-order chi connectivity index (χ0) is 35.6. The molecule has 0 spiro atoms. The number of hydrogen-bond acceptors (Lipinski definition) is 2. The predicted molar refractivity (Wildman–Crippen MR) is 229 cm³/mol. The van der Waals surface area contributed by atoms with Crippen LogP contribution in [0.5, 0.6) is 0 Å². The Morgan fingerprint density at radius 2 is 0.907 bits per heavy atom. The Bertz CT molecular complexity index is 3230. The molecule has 1 aromatic heterocycles. The van der Waals surface area contributed by atoms with Crippen molar-refractivity contribution in [2.75, 3.05) is 4.90 Å². The molecule has 0 saturated heterocycles. The number of para-hydroxylation sites is 1. The molecule has 0 bridgehead atoms. The monoisotopic (exact) mass is 687 g/mol. The molecule has 252 valence electrons. The molecule has 11 aromatic rings. The fraction of sp³-hybridized carbons (Fsp3) is 0. The van der Waals surface area contributed by atoms with E-state index in [2.05, 4.69) is 205 Å². The second kappa shape index (κ2) is 12.2. The number of nitrogens with zero attached hydrogens (tertiary/aromatic N) is 1. The van der Waals surface area contributed by atoms with Crippen molar-refractivity contribution in [1.82, 2.24) is 0 Å². The summed E-state index contributed by atoms with van der Waals surface area (Å²) in [7, 11) is 0. The summed E-state index contributed by atoms with van der Waals surface area (Å²) in [6, 6.07) is 72.3. The highest BCUT2D eigenvalue weighted by Gasteiger charge is 2.23. The van der Waals surface area contributed by atoms with Gasteiger partial charge in [0.25, 0.3) is 0 Å². The van der Waals surface area contributed by atoms with Gasteiger partial charge in [0.15, 0.2) is 0 Å². The number of rotatable bonds is 5. The van der Waals surface area contributed by atoms with Crippen molar-refractivity contribution >= 4 is 82.1 Å². The Hall–Kier alpha value is -7.16. The van der Waals surface area contributed by atoms with Crippen LogP contribution in [0.2, 0.25) is 0 Å². The van der Waals surface area contributed by atoms with Crippen molar-refractivity contribution in [2.24, 2.45) is 0 Å². The lowest BCUT2D eigenvalue weighted by Gasteiger charge is -2.30. The van der Waals surface area contributed by atoms with E-state index >= 15 is 0 Å². The number of benzene rings is 10. The summed E-state index contributed by atoms with van der Waals surface area (Å²) in [6.45, 7) is 0. The second-order valence-electron chi connectivity index (χ2n) is 14.1. The van der Waals surface area contributed by atoms with E-state index in [1.165, 1.54) is 59.8 Å². The Morgan fingerprint density at radius 3 is 1.72 bits per heavy atom. The van der Waals surface area contributed by atoms with Gasteiger partial charge in [0.2, 0.25) is 0 Å². The molecule has 10 aromatic carbocycles. The summed E-state index contributed by atoms with van der Waals surface area (Å²) in [5, 5.41) is 12.0. The van der Waals surface area contributed by atoms with Gasteiger partial charge in [-0.2, -0.15) is 0 Å². The fourth-order valence-electron chi connectivity index (χ4n) is 8.52. The topological polar surface area (TPSA) is 16.4 Å². The molecule has 0 N–H and O–H groups in total. The van der Waals surface area contributed by atoms with E-state index in [-0.39, 0.29) is 0 Å². The summed E-state index contributed by atoms with van der Waals surface area (Å²) >= 11 is 0. The third-order valence-corrected chi connectivity index (χ3v) is 11.0. The van der Waals surface area contributed by atoms with E-state index in [9.17, 15) is 0 Å². The van der Waals surface area contributed by atoms with Gasteiger partial charge >= 0.3 is 0 Å². The van der Waals surface area contributed by atoms with Gasteiger partial charge in [0.1, 0.15) is 11.2 Å². The Balaban J connectivity index is 1.20. The molecule has 0 saturated carbocycles. The van der Waals surface area contributed by atoms with Crippen LogP contribution >= 0.6 is 0 Å². The molecule has 1 heterocycles. The molecule has 2 nitrogen and oxygen atoms in total. The van der Waals surface area contributed by atoms with Crippen LogP contribution in [-0.2, 0) is 0 Å². The molecule has 0 fully saturated rings. The minimum Gasteiger partial charge on any atom is -0.456 e. The first-order chi connectivity index (χ1) is 26.8. The third kappa shape index (κ3) is 4.81. The quantitative estimate of drug-likeness (QED) is 0.168. The van der Waals surface area contributed by atoms with Crippen LogP contribution in [0.4, 0.5) is 17.1 Å². The summed E-state index contributed by atoms with van der Waals surface area (Å²) in [5.74, 6) is 0. The SMILES string of the molecule is c1ccc(-c2ccc(N(c3ccc4c(c3)oc3cc5ccccc5cc34)c3ccccc3-c3cc4ccccc4c4ccccc34)c3ccccc23)cc1. The maximum absolute atomic E-state index is 6.68. The standard InChI is InChI=1S/C52H33NO/c1-2-14-34(15-3-1)40-28-29-50(44-23-11-10-21-42(40)44)53(38-26-27-46-48-30-35-16-4-5-17-36(35)32-51(48)54-52(46)33-38)49-25-13-12-24-45(49)47-31-37-18-6-7-19-39(37)41-20-8-9-22-43(41)47/h1-33H. The van der Waals surface area contributed by atoms with E-state index in [4.69, 9.17) is 4.42 Å². The van der Waals surface area contributed by atoms with Gasteiger partial charge in [-0.15, -0.1) is 0 Å². The van der Waals surface area contributed by atoms with Crippen LogP contribution < -0.4 is 4.90 Å². The first-order valence-electron chi connectivity index (χ1n) is 18.5. The highest BCUT2D eigenvalue weighted by molar-refractivity contribution is 6.16. The molecular formula is C52H33NO. The first-order valence-corrected chi connectivity index (χ1v) is 18.5. The maximum Gasteiger partial charge on any atom is 0.137 e. The fourth-order valence-corrected chi connectivity index (χ4v) is 8.52. The van der Waals surface area contributed by atoms with Crippen LogP contribution in [0.1, 0.15) is 0 Å². The smallest absolute Gasteiger partial charge is 0.137 e. The number of furan rings is 1. The third-order valence-electron chi connectivity index (χ3n) is 11.0. The van der Waals surface area contributed by atoms with Crippen LogP contribution in [0, 0.1) is 0 Å². The van der Waals surface area contributed by atoms with E-state index in [1.807, 2.05) is 0 Å². The minimum absolute atomic E-state index is 0.863. The van der Waals surface area contributed by atoms with Crippen molar-refractivity contribution in [1.29, 1.82) is 0 Å². The maximum atomic E-state index is 6.68. The van der Waals surface area contributed by atoms with Crippen molar-refractivity contribution in [3.05, 3.63) is 200 Å². The second-order valence-corrected chi connectivity index (χ2v) is 14.1. The largest absolute Gasteiger partial charge is 0.456 e. The van der Waals surface area contributed by atoms with Gasteiger partial charge in [0, 0.05) is 33.5 Å². The van der Waals surface area contributed by atoms with Crippen LogP contribution in [0.25, 0.3) is 87.3 Å². The number of anilines is 3. The lowest BCUT2D eigenvalue weighted by Crippen LogP contribution is -2.12. The molecule has 2 heteroatoms. The summed E-state index contributed by atoms with van der Waals surface area (Å²) in [5.41, 5.74) is 9.75. The summed E-state index contributed by atoms with van der Waals surface area (Å²) < 4.78 is 6.68. The molecule has 0 amide bonds. The van der Waals surface area contributed by atoms with E-state index in [0.717, 1.165) is 44.6 Å². The molecule has 0 aliphatic rings. The normalized spacial score (nSPS) is 11.7. The molecule has 0 aliphatic carbocycles. The van der Waals surface area contributed by atoms with Gasteiger partial charge in [-0.25, -0.2) is 0 Å². The molecule has 0 aliphatic heterocycles. The van der Waals surface area contributed by atoms with Crippen molar-refractivity contribution in [3.63, 3.8) is 0 Å². The summed E-state index contributed by atoms with van der Waals surface area (Å²) in [6.07, 6.45) is 0. The van der Waals surface area contributed by atoms with Crippen molar-refractivity contribution < 1.29 is 4.42 Å². The highest BCUT2D eigenvalue weighted by Crippen LogP contribution is 2.48. The molecule has 11 rings (SSSR count). The number of hydrogen-bond donors (Lipinski definition) is 0. The van der Waals surface area contributed by atoms with Gasteiger partial charge in [-0.3, -0.25) is 0 Å². The lowest BCUT2D eigenvalue weighted by atomic mass is 9.91. The summed E-state index contributed by atoms with van der Waals surface area (Å²) in [4.78, 5) is 2.43. The average Bonchev–Trinajstić information content (AvgIpc) is 3.59.